The SMILES string of the molecule is CC(=O)Nc1nc(CCc2ccc(NC(NC(=O)O)NC(=O)O)cc2)c(C(=O)NCCCC(=O)N(C)C)s1. The van der Waals surface area contributed by atoms with Crippen LogP contribution in [0.1, 0.15) is 40.7 Å². The Balaban J connectivity index is 2.03. The number of nitrogens with one attached hydrogen (secondary N) is 5. The molecule has 5 amide bonds. The molecule has 206 valence electrons. The van der Waals surface area contributed by atoms with E-state index in [1.807, 2.05) is 10.6 Å². The topological polar surface area (TPSA) is 202 Å². The first-order valence-corrected chi connectivity index (χ1v) is 12.4. The summed E-state index contributed by atoms with van der Waals surface area (Å²) in [5.41, 5.74) is 1.86. The molecule has 15 heteroatoms. The molecule has 14 nitrogen and oxygen atoms in total. The van der Waals surface area contributed by atoms with Gasteiger partial charge < -0.3 is 31.1 Å². The molecule has 1 heterocycles. The Kier molecular flexibility index (Phi) is 11.3. The molecule has 0 aliphatic carbocycles. The van der Waals surface area contributed by atoms with Crippen molar-refractivity contribution in [2.24, 2.45) is 0 Å². The second kappa shape index (κ2) is 14.4. The first kappa shape index (κ1) is 29.8. The van der Waals surface area contributed by atoms with E-state index in [0.717, 1.165) is 16.9 Å². The monoisotopic (exact) mass is 549 g/mol. The van der Waals surface area contributed by atoms with Gasteiger partial charge in [0.2, 0.25) is 11.8 Å². The van der Waals surface area contributed by atoms with Gasteiger partial charge in [-0.25, -0.2) is 14.6 Å². The molecule has 0 unspecified atom stereocenters. The maximum Gasteiger partial charge on any atom is 0.407 e. The number of anilines is 2. The normalized spacial score (nSPS) is 10.4. The minimum absolute atomic E-state index is 0.0290. The number of hydrogen-bond acceptors (Lipinski definition) is 8. The Hall–Kier alpha value is -4.40. The Labute approximate surface area is 222 Å². The van der Waals surface area contributed by atoms with E-state index in [1.165, 1.54) is 11.8 Å². The molecule has 0 aliphatic heterocycles. The standard InChI is InChI=1S/C23H31N7O7S/c1-13(31)25-21-27-16(18(38-21)19(33)24-12-4-5-17(32)30(2)3)11-8-14-6-9-15(10-7-14)26-20(28-22(34)35)29-23(36)37/h6-7,9-10,20,26,28-29H,4-5,8,11-12H2,1-3H3,(H,24,33)(H,34,35)(H,36,37)(H,25,27,31). The van der Waals surface area contributed by atoms with Gasteiger partial charge in [-0.15, -0.1) is 0 Å². The molecule has 2 rings (SSSR count). The molecule has 0 saturated heterocycles. The van der Waals surface area contributed by atoms with Crippen molar-refractivity contribution in [1.29, 1.82) is 0 Å². The summed E-state index contributed by atoms with van der Waals surface area (Å²) in [5, 5.41) is 30.1. The second-order valence-corrected chi connectivity index (χ2v) is 9.30. The van der Waals surface area contributed by atoms with Gasteiger partial charge in [-0.2, -0.15) is 0 Å². The number of amides is 5. The Morgan fingerprint density at radius 1 is 1.00 bits per heavy atom. The van der Waals surface area contributed by atoms with E-state index < -0.39 is 18.5 Å². The van der Waals surface area contributed by atoms with Crippen molar-refractivity contribution in [3.63, 3.8) is 0 Å². The molecule has 2 aromatic rings. The number of aryl methyl sites for hydroxylation is 2. The summed E-state index contributed by atoms with van der Waals surface area (Å²) < 4.78 is 0. The average molecular weight is 550 g/mol. The van der Waals surface area contributed by atoms with Gasteiger partial charge in [-0.05, 0) is 37.0 Å². The van der Waals surface area contributed by atoms with Crippen LogP contribution >= 0.6 is 11.3 Å². The number of aromatic nitrogens is 1. The molecule has 0 saturated carbocycles. The highest BCUT2D eigenvalue weighted by Gasteiger charge is 2.19. The summed E-state index contributed by atoms with van der Waals surface area (Å²) in [6.45, 7) is 1.66. The summed E-state index contributed by atoms with van der Waals surface area (Å²) in [4.78, 5) is 64.0. The van der Waals surface area contributed by atoms with E-state index in [9.17, 15) is 24.0 Å². The largest absolute Gasteiger partial charge is 0.465 e. The molecular formula is C23H31N7O7S. The molecule has 0 fully saturated rings. The molecule has 1 aromatic heterocycles. The summed E-state index contributed by atoms with van der Waals surface area (Å²) in [6, 6.07) is 6.84. The van der Waals surface area contributed by atoms with Crippen molar-refractivity contribution in [3.8, 4) is 0 Å². The summed E-state index contributed by atoms with van der Waals surface area (Å²) in [5.74, 6) is -0.678. The zero-order valence-electron chi connectivity index (χ0n) is 21.2. The van der Waals surface area contributed by atoms with Crippen LogP contribution in [-0.2, 0) is 22.4 Å². The highest BCUT2D eigenvalue weighted by atomic mass is 32.1. The predicted molar refractivity (Wildman–Crippen MR) is 140 cm³/mol. The van der Waals surface area contributed by atoms with Crippen molar-refractivity contribution in [2.45, 2.75) is 38.9 Å². The van der Waals surface area contributed by atoms with Crippen LogP contribution in [0.2, 0.25) is 0 Å². The van der Waals surface area contributed by atoms with Crippen molar-refractivity contribution >= 4 is 52.1 Å². The first-order chi connectivity index (χ1) is 17.9. The number of hydrogen-bond donors (Lipinski definition) is 7. The van der Waals surface area contributed by atoms with E-state index in [4.69, 9.17) is 10.2 Å². The fraction of sp³-hybridized carbons (Fsp3) is 0.391. The van der Waals surface area contributed by atoms with Crippen LogP contribution in [0, 0.1) is 0 Å². The second-order valence-electron chi connectivity index (χ2n) is 8.30. The van der Waals surface area contributed by atoms with Gasteiger partial charge in [-0.1, -0.05) is 23.5 Å². The minimum atomic E-state index is -1.41. The van der Waals surface area contributed by atoms with Gasteiger partial charge in [-0.3, -0.25) is 25.0 Å². The van der Waals surface area contributed by atoms with E-state index in [0.29, 0.717) is 53.6 Å². The van der Waals surface area contributed by atoms with Crippen LogP contribution in [0.5, 0.6) is 0 Å². The van der Waals surface area contributed by atoms with E-state index in [1.54, 1.807) is 38.4 Å². The van der Waals surface area contributed by atoms with Crippen molar-refractivity contribution in [3.05, 3.63) is 40.4 Å². The van der Waals surface area contributed by atoms with Gasteiger partial charge in [0.15, 0.2) is 11.4 Å². The summed E-state index contributed by atoms with van der Waals surface area (Å²) >= 11 is 1.07. The number of nitrogens with zero attached hydrogens (tertiary/aromatic N) is 2. The number of thiazole rings is 1. The lowest BCUT2D eigenvalue weighted by atomic mass is 10.1. The van der Waals surface area contributed by atoms with Crippen molar-refractivity contribution in [1.82, 2.24) is 25.8 Å². The van der Waals surface area contributed by atoms with Gasteiger partial charge >= 0.3 is 12.2 Å². The van der Waals surface area contributed by atoms with Gasteiger partial charge in [0.25, 0.3) is 5.91 Å². The van der Waals surface area contributed by atoms with Crippen LogP contribution in [-0.4, -0.2) is 76.9 Å². The van der Waals surface area contributed by atoms with E-state index >= 15 is 0 Å². The van der Waals surface area contributed by atoms with Crippen LogP contribution in [0.25, 0.3) is 0 Å². The van der Waals surface area contributed by atoms with Gasteiger partial charge in [0.05, 0.1) is 5.69 Å². The number of rotatable bonds is 13. The number of carbonyl (C=O) groups excluding carboxylic acids is 3. The Bertz CT molecular complexity index is 1140. The Morgan fingerprint density at radius 2 is 1.63 bits per heavy atom. The lowest BCUT2D eigenvalue weighted by Gasteiger charge is -2.19. The van der Waals surface area contributed by atoms with Gasteiger partial charge in [0, 0.05) is 39.7 Å². The minimum Gasteiger partial charge on any atom is -0.465 e. The molecule has 1 aromatic carbocycles. The molecule has 0 atom stereocenters. The lowest BCUT2D eigenvalue weighted by molar-refractivity contribution is -0.128. The predicted octanol–water partition coefficient (Wildman–Crippen LogP) is 1.72. The van der Waals surface area contributed by atoms with Crippen LogP contribution in [0.4, 0.5) is 20.4 Å². The maximum absolute atomic E-state index is 12.8. The van der Waals surface area contributed by atoms with Crippen LogP contribution in [0.3, 0.4) is 0 Å². The zero-order valence-corrected chi connectivity index (χ0v) is 22.0. The third-order valence-corrected chi connectivity index (χ3v) is 6.00. The maximum atomic E-state index is 12.8. The fourth-order valence-electron chi connectivity index (χ4n) is 3.20. The molecule has 0 bridgehead atoms. The van der Waals surface area contributed by atoms with E-state index in [2.05, 4.69) is 20.9 Å². The number of benzene rings is 1. The highest BCUT2D eigenvalue weighted by molar-refractivity contribution is 7.17. The summed E-state index contributed by atoms with van der Waals surface area (Å²) in [6.07, 6.45) is -2.36. The smallest absolute Gasteiger partial charge is 0.407 e. The van der Waals surface area contributed by atoms with Crippen LogP contribution < -0.4 is 26.6 Å². The van der Waals surface area contributed by atoms with Crippen molar-refractivity contribution in [2.75, 3.05) is 31.3 Å². The van der Waals surface area contributed by atoms with Gasteiger partial charge in [0.1, 0.15) is 4.88 Å². The highest BCUT2D eigenvalue weighted by Crippen LogP contribution is 2.25. The summed E-state index contributed by atoms with van der Waals surface area (Å²) in [7, 11) is 3.34. The van der Waals surface area contributed by atoms with E-state index in [-0.39, 0.29) is 17.7 Å². The quantitative estimate of drug-likeness (QED) is 0.143. The number of carbonyl (C=O) groups is 5. The molecule has 0 radical (unpaired) electrons. The molecule has 0 spiro atoms. The lowest BCUT2D eigenvalue weighted by Crippen LogP contribution is -2.52. The zero-order chi connectivity index (χ0) is 28.2. The first-order valence-electron chi connectivity index (χ1n) is 11.5. The average Bonchev–Trinajstić information content (AvgIpc) is 3.22. The van der Waals surface area contributed by atoms with Crippen LogP contribution in [0.15, 0.2) is 24.3 Å². The third kappa shape index (κ3) is 10.3. The van der Waals surface area contributed by atoms with Crippen molar-refractivity contribution < 1.29 is 34.2 Å². The molecule has 0 aliphatic rings. The molecule has 38 heavy (non-hydrogen) atoms. The molecule has 7 N–H and O–H groups in total. The number of carboxylic acid groups (broad SMARTS) is 2. The third-order valence-electron chi connectivity index (χ3n) is 4.99. The Morgan fingerprint density at radius 3 is 2.18 bits per heavy atom. The fourth-order valence-corrected chi connectivity index (χ4v) is 4.17. The molecular weight excluding hydrogens is 518 g/mol.